The second kappa shape index (κ2) is 8.68. The third-order valence-corrected chi connectivity index (χ3v) is 6.05. The molecule has 2 fully saturated rings. The summed E-state index contributed by atoms with van der Waals surface area (Å²) < 4.78 is 5.36. The summed E-state index contributed by atoms with van der Waals surface area (Å²) in [5.41, 5.74) is 1.17. The van der Waals surface area contributed by atoms with Crippen LogP contribution in [0.15, 0.2) is 24.3 Å². The Morgan fingerprint density at radius 1 is 1.39 bits per heavy atom. The molecule has 1 aromatic heterocycles. The van der Waals surface area contributed by atoms with Crippen LogP contribution in [-0.2, 0) is 9.59 Å². The average Bonchev–Trinajstić information content (AvgIpc) is 3.52. The van der Waals surface area contributed by atoms with Crippen molar-refractivity contribution in [1.82, 2.24) is 20.5 Å². The highest BCUT2D eigenvalue weighted by molar-refractivity contribution is 6.01. The normalized spacial score (nSPS) is 21.5. The predicted octanol–water partition coefficient (Wildman–Crippen LogP) is 1.32. The van der Waals surface area contributed by atoms with E-state index < -0.39 is 12.1 Å². The molecule has 1 unspecified atom stereocenters. The van der Waals surface area contributed by atoms with Crippen LogP contribution in [-0.4, -0.2) is 59.9 Å². The molecule has 2 aliphatic heterocycles. The number of nitrogens with one attached hydrogen (secondary N) is 3. The topological polar surface area (TPSA) is 127 Å². The fourth-order valence-electron chi connectivity index (χ4n) is 4.42. The highest BCUT2D eigenvalue weighted by Crippen LogP contribution is 2.28. The number of hydrogen-bond donors (Lipinski definition) is 3. The smallest absolute Gasteiger partial charge is 0.270 e. The second-order valence-electron chi connectivity index (χ2n) is 7.96. The van der Waals surface area contributed by atoms with E-state index in [0.717, 1.165) is 10.9 Å². The fraction of sp³-hybridized carbons (Fsp3) is 0.455. The summed E-state index contributed by atoms with van der Waals surface area (Å²) >= 11 is 0. The number of nitriles is 1. The zero-order chi connectivity index (χ0) is 22.0. The first kappa shape index (κ1) is 20.7. The summed E-state index contributed by atoms with van der Waals surface area (Å²) in [5.74, 6) is -0.311. The maximum atomic E-state index is 13.2. The van der Waals surface area contributed by atoms with E-state index in [9.17, 15) is 19.6 Å². The third-order valence-electron chi connectivity index (χ3n) is 6.05. The largest absolute Gasteiger partial charge is 0.496 e. The number of fused-ring (bicyclic) bond motifs is 1. The van der Waals surface area contributed by atoms with Gasteiger partial charge >= 0.3 is 0 Å². The maximum absolute atomic E-state index is 13.2. The van der Waals surface area contributed by atoms with Crippen LogP contribution in [0, 0.1) is 17.2 Å². The van der Waals surface area contributed by atoms with Gasteiger partial charge in [0.05, 0.1) is 13.2 Å². The van der Waals surface area contributed by atoms with Gasteiger partial charge in [-0.1, -0.05) is 6.07 Å². The molecule has 9 heteroatoms. The van der Waals surface area contributed by atoms with Crippen LogP contribution in [0.25, 0.3) is 10.9 Å². The molecule has 162 valence electrons. The molecule has 9 nitrogen and oxygen atoms in total. The van der Waals surface area contributed by atoms with Crippen molar-refractivity contribution in [3.8, 4) is 11.8 Å². The Kier molecular flexibility index (Phi) is 5.80. The van der Waals surface area contributed by atoms with Gasteiger partial charge in [-0.25, -0.2) is 0 Å². The summed E-state index contributed by atoms with van der Waals surface area (Å²) in [6.45, 7) is 1.06. The minimum Gasteiger partial charge on any atom is -0.496 e. The Hall–Kier alpha value is -3.54. The van der Waals surface area contributed by atoms with Crippen molar-refractivity contribution in [3.63, 3.8) is 0 Å². The van der Waals surface area contributed by atoms with E-state index in [1.807, 2.05) is 18.2 Å². The van der Waals surface area contributed by atoms with Crippen LogP contribution in [0.4, 0.5) is 0 Å². The summed E-state index contributed by atoms with van der Waals surface area (Å²) in [4.78, 5) is 42.5. The molecule has 3 amide bonds. The Labute approximate surface area is 179 Å². The fourth-order valence-corrected chi connectivity index (χ4v) is 4.42. The van der Waals surface area contributed by atoms with Gasteiger partial charge in [0.25, 0.3) is 5.91 Å². The monoisotopic (exact) mass is 423 g/mol. The van der Waals surface area contributed by atoms with Crippen molar-refractivity contribution in [2.24, 2.45) is 5.92 Å². The van der Waals surface area contributed by atoms with Gasteiger partial charge in [-0.2, -0.15) is 5.26 Å². The molecule has 3 heterocycles. The number of carbonyl (C=O) groups is 3. The lowest BCUT2D eigenvalue weighted by molar-refractivity contribution is -0.126. The molecule has 31 heavy (non-hydrogen) atoms. The van der Waals surface area contributed by atoms with Crippen LogP contribution < -0.4 is 15.4 Å². The first-order valence-electron chi connectivity index (χ1n) is 10.5. The molecule has 2 aliphatic rings. The molecule has 2 saturated heterocycles. The number of benzene rings is 1. The highest BCUT2D eigenvalue weighted by Gasteiger charge is 2.37. The van der Waals surface area contributed by atoms with E-state index >= 15 is 0 Å². The van der Waals surface area contributed by atoms with Gasteiger partial charge in [-0.05, 0) is 43.9 Å². The number of aromatic amines is 1. The minimum atomic E-state index is -0.767. The molecule has 0 aliphatic carbocycles. The number of ether oxygens (including phenoxy) is 1. The molecule has 2 aromatic rings. The van der Waals surface area contributed by atoms with Crippen molar-refractivity contribution in [3.05, 3.63) is 30.0 Å². The Bertz CT molecular complexity index is 1060. The molecule has 3 atom stereocenters. The van der Waals surface area contributed by atoms with Gasteiger partial charge in [0.15, 0.2) is 0 Å². The van der Waals surface area contributed by atoms with Gasteiger partial charge in [-0.15, -0.1) is 0 Å². The van der Waals surface area contributed by atoms with Gasteiger partial charge in [0.2, 0.25) is 11.8 Å². The molecular formula is C22H25N5O4. The molecule has 4 rings (SSSR count). The highest BCUT2D eigenvalue weighted by atomic mass is 16.5. The quantitative estimate of drug-likeness (QED) is 0.646. The van der Waals surface area contributed by atoms with Crippen molar-refractivity contribution >= 4 is 28.6 Å². The number of likely N-dealkylation sites (tertiary alicyclic amines) is 1. The third kappa shape index (κ3) is 4.06. The second-order valence-corrected chi connectivity index (χ2v) is 7.96. The molecule has 3 N–H and O–H groups in total. The van der Waals surface area contributed by atoms with Crippen molar-refractivity contribution in [2.75, 3.05) is 20.2 Å². The zero-order valence-electron chi connectivity index (χ0n) is 17.3. The number of aromatic nitrogens is 1. The lowest BCUT2D eigenvalue weighted by Gasteiger charge is -2.25. The number of nitrogens with zero attached hydrogens (tertiary/aromatic N) is 2. The molecule has 0 spiro atoms. The number of H-pyrrole nitrogens is 1. The summed E-state index contributed by atoms with van der Waals surface area (Å²) in [7, 11) is 1.57. The number of methoxy groups -OCH3 is 1. The van der Waals surface area contributed by atoms with E-state index in [2.05, 4.69) is 21.7 Å². The van der Waals surface area contributed by atoms with E-state index in [4.69, 9.17) is 4.74 Å². The van der Waals surface area contributed by atoms with E-state index in [1.54, 1.807) is 18.1 Å². The molecule has 0 saturated carbocycles. The first-order valence-corrected chi connectivity index (χ1v) is 10.5. The van der Waals surface area contributed by atoms with Crippen LogP contribution in [0.1, 0.15) is 36.2 Å². The van der Waals surface area contributed by atoms with Gasteiger partial charge in [0, 0.05) is 29.9 Å². The van der Waals surface area contributed by atoms with Crippen molar-refractivity contribution < 1.29 is 19.1 Å². The average molecular weight is 423 g/mol. The van der Waals surface area contributed by atoms with Gasteiger partial charge in [0.1, 0.15) is 23.5 Å². The number of carbonyl (C=O) groups excluding carboxylic acids is 3. The van der Waals surface area contributed by atoms with Crippen LogP contribution in [0.2, 0.25) is 0 Å². The lowest BCUT2D eigenvalue weighted by atomic mass is 9.99. The molecule has 1 aromatic carbocycles. The maximum Gasteiger partial charge on any atom is 0.270 e. The Morgan fingerprint density at radius 2 is 2.23 bits per heavy atom. The van der Waals surface area contributed by atoms with Crippen LogP contribution in [0.5, 0.6) is 5.75 Å². The number of rotatable bonds is 6. The van der Waals surface area contributed by atoms with Crippen molar-refractivity contribution in [1.29, 1.82) is 5.26 Å². The van der Waals surface area contributed by atoms with Crippen LogP contribution >= 0.6 is 0 Å². The molecule has 0 radical (unpaired) electrons. The SMILES string of the molecule is COc1cccc2[nH]c(C(=O)N3CCCC3C(=O)N[C@H](C#N)C[C@@H]3CCNC3=O)cc12. The Balaban J connectivity index is 1.46. The minimum absolute atomic E-state index is 0.0820. The Morgan fingerprint density at radius 3 is 2.94 bits per heavy atom. The van der Waals surface area contributed by atoms with E-state index in [-0.39, 0.29) is 30.1 Å². The van der Waals surface area contributed by atoms with E-state index in [0.29, 0.717) is 43.8 Å². The van der Waals surface area contributed by atoms with E-state index in [1.165, 1.54) is 0 Å². The van der Waals surface area contributed by atoms with Crippen LogP contribution in [0.3, 0.4) is 0 Å². The zero-order valence-corrected chi connectivity index (χ0v) is 17.3. The molecular weight excluding hydrogens is 398 g/mol. The summed E-state index contributed by atoms with van der Waals surface area (Å²) in [5, 5.41) is 15.7. The standard InChI is InChI=1S/C22H25N5O4/c1-31-19-6-2-4-16-15(19)11-17(26-16)22(30)27-9-3-5-18(27)21(29)25-14(12-23)10-13-7-8-24-20(13)28/h2,4,6,11,13-14,18,26H,3,5,7-10H2,1H3,(H,24,28)(H,25,29)/t13-,14-,18?/m0/s1. The first-order chi connectivity index (χ1) is 15.0. The number of hydrogen-bond acceptors (Lipinski definition) is 5. The lowest BCUT2D eigenvalue weighted by Crippen LogP contribution is -2.49. The van der Waals surface area contributed by atoms with Crippen molar-refractivity contribution in [2.45, 2.75) is 37.8 Å². The summed E-state index contributed by atoms with van der Waals surface area (Å²) in [6, 6.07) is 7.92. The number of amides is 3. The van der Waals surface area contributed by atoms with Gasteiger partial charge < -0.3 is 25.3 Å². The molecule has 0 bridgehead atoms. The predicted molar refractivity (Wildman–Crippen MR) is 112 cm³/mol. The summed E-state index contributed by atoms with van der Waals surface area (Å²) in [6.07, 6.45) is 2.17. The van der Waals surface area contributed by atoms with Gasteiger partial charge in [-0.3, -0.25) is 14.4 Å².